The van der Waals surface area contributed by atoms with E-state index >= 15 is 0 Å². The number of aliphatic hydroxyl groups is 5. The number of rotatable bonds is 42. The normalized spacial score (nSPS) is 22.0. The first-order chi connectivity index (χ1) is 33.5. The number of carbonyl (C=O) groups is 2. The van der Waals surface area contributed by atoms with Crippen molar-refractivity contribution >= 4 is 27.6 Å². The van der Waals surface area contributed by atoms with Crippen molar-refractivity contribution in [3.63, 3.8) is 0 Å². The molecule has 9 atom stereocenters. The summed E-state index contributed by atoms with van der Waals surface area (Å²) in [5.74, 6) is -1.30. The largest absolute Gasteiger partial charge is 0.472 e. The lowest BCUT2D eigenvalue weighted by Gasteiger charge is -2.43. The van der Waals surface area contributed by atoms with E-state index in [1.807, 2.05) is 25.2 Å². The third kappa shape index (κ3) is 34.7. The van der Waals surface area contributed by atoms with Gasteiger partial charge in [0.05, 0.1) is 12.7 Å². The average Bonchev–Trinajstić information content (AvgIpc) is 3.32. The number of unbranched alkanes of at least 4 members (excludes halogenated alkanes) is 13. The van der Waals surface area contributed by atoms with Crippen LogP contribution in [0.4, 0.5) is 0 Å². The predicted octanol–water partition coefficient (Wildman–Crippen LogP) is 9.37. The zero-order chi connectivity index (χ0) is 51.9. The summed E-state index contributed by atoms with van der Waals surface area (Å²) in [6, 6.07) is 0. The minimum Gasteiger partial charge on any atom is -0.462 e. The second-order valence-electron chi connectivity index (χ2n) is 17.7. The number of hydrogen-bond acceptors (Lipinski definition) is 14. The van der Waals surface area contributed by atoms with Gasteiger partial charge in [-0.3, -0.25) is 23.2 Å². The van der Waals surface area contributed by atoms with E-state index < -0.39 is 83.5 Å². The van der Waals surface area contributed by atoms with Crippen LogP contribution in [0.1, 0.15) is 174 Å². The number of phosphoric acid groups is 2. The summed E-state index contributed by atoms with van der Waals surface area (Å²) in [5, 5.41) is 50.9. The van der Waals surface area contributed by atoms with Crippen molar-refractivity contribution in [3.05, 3.63) is 72.9 Å². The van der Waals surface area contributed by atoms with Crippen molar-refractivity contribution in [2.24, 2.45) is 0 Å². The van der Waals surface area contributed by atoms with Gasteiger partial charge in [-0.05, 0) is 89.9 Å². The summed E-state index contributed by atoms with van der Waals surface area (Å²) in [6.07, 6.45) is 32.2. The summed E-state index contributed by atoms with van der Waals surface area (Å²) >= 11 is 0. The second kappa shape index (κ2) is 40.8. The number of hydrogen-bond donors (Lipinski definition) is 8. The van der Waals surface area contributed by atoms with Gasteiger partial charge in [0, 0.05) is 12.8 Å². The standard InChI is InChI=1S/C51H88O17P2/c1-3-5-6-7-8-9-10-11-12-13-14-15-16-20-23-26-29-32-35-38-44(53)64-40-43(41-65-70(62,63)68-51-48(57)46(55)47(56)50(49(51)58)67-69(59,60)61)66-45(54)39-36-33-30-27-24-21-18-17-19-22-25-28-31-34-37-42(52)4-2/h8-9,11-12,18-19,21-22,27-28,30-31,42-43,46-52,55-58H,3-7,10,13-17,20,23-26,29,32-41H2,1-2H3,(H,62,63)(H2,59,60,61)/b9-8-,12-11-,21-18-,22-19-,30-27-,31-28-/t42-,43-,46?,47?,48?,49?,50-,51+/m1/s1. The summed E-state index contributed by atoms with van der Waals surface area (Å²) in [7, 11) is -10.7. The number of allylic oxidation sites excluding steroid dienone is 12. The van der Waals surface area contributed by atoms with E-state index in [9.17, 15) is 58.9 Å². The number of carbonyl (C=O) groups excluding carboxylic acids is 2. The summed E-state index contributed by atoms with van der Waals surface area (Å²) < 4.78 is 49.4. The van der Waals surface area contributed by atoms with Crippen molar-refractivity contribution in [3.8, 4) is 0 Å². The van der Waals surface area contributed by atoms with Crippen molar-refractivity contribution in [1.82, 2.24) is 0 Å². The van der Waals surface area contributed by atoms with Gasteiger partial charge in [-0.25, -0.2) is 9.13 Å². The van der Waals surface area contributed by atoms with Crippen molar-refractivity contribution in [2.75, 3.05) is 13.2 Å². The van der Waals surface area contributed by atoms with Gasteiger partial charge in [-0.1, -0.05) is 145 Å². The Balaban J connectivity index is 2.59. The van der Waals surface area contributed by atoms with Gasteiger partial charge in [0.1, 0.15) is 43.2 Å². The molecule has 70 heavy (non-hydrogen) atoms. The molecule has 0 aromatic carbocycles. The summed E-state index contributed by atoms with van der Waals surface area (Å²) in [4.78, 5) is 54.4. The molecule has 0 heterocycles. The van der Waals surface area contributed by atoms with E-state index in [0.29, 0.717) is 25.7 Å². The van der Waals surface area contributed by atoms with Crippen LogP contribution in [0.5, 0.6) is 0 Å². The highest BCUT2D eigenvalue weighted by Gasteiger charge is 2.54. The molecule has 0 aromatic rings. The first-order valence-corrected chi connectivity index (χ1v) is 28.6. The number of aliphatic hydroxyl groups excluding tert-OH is 5. The summed E-state index contributed by atoms with van der Waals surface area (Å²) in [6.45, 7) is 2.77. The number of ether oxygens (including phenoxy) is 2. The van der Waals surface area contributed by atoms with Crippen LogP contribution in [-0.2, 0) is 41.8 Å². The van der Waals surface area contributed by atoms with Gasteiger partial charge in [-0.15, -0.1) is 0 Å². The van der Waals surface area contributed by atoms with Crippen molar-refractivity contribution in [2.45, 2.75) is 223 Å². The van der Waals surface area contributed by atoms with Gasteiger partial charge in [0.25, 0.3) is 0 Å². The third-order valence-corrected chi connectivity index (χ3v) is 12.9. The van der Waals surface area contributed by atoms with Gasteiger partial charge in [-0.2, -0.15) is 0 Å². The second-order valence-corrected chi connectivity index (χ2v) is 20.3. The molecule has 0 radical (unpaired) electrons. The van der Waals surface area contributed by atoms with Crippen LogP contribution in [0.2, 0.25) is 0 Å². The molecular formula is C51H88O17P2. The molecule has 0 aliphatic heterocycles. The molecule has 0 saturated heterocycles. The topological polar surface area (TPSA) is 276 Å². The predicted molar refractivity (Wildman–Crippen MR) is 270 cm³/mol. The quantitative estimate of drug-likeness (QED) is 0.0122. The highest BCUT2D eigenvalue weighted by Crippen LogP contribution is 2.49. The molecule has 1 rings (SSSR count). The Morgan fingerprint density at radius 3 is 1.47 bits per heavy atom. The van der Waals surface area contributed by atoms with E-state index in [1.54, 1.807) is 0 Å². The van der Waals surface area contributed by atoms with Crippen LogP contribution in [0.3, 0.4) is 0 Å². The molecule has 0 amide bonds. The van der Waals surface area contributed by atoms with E-state index in [4.69, 9.17) is 18.5 Å². The molecule has 1 aliphatic carbocycles. The fraction of sp³-hybridized carbons (Fsp3) is 0.725. The van der Waals surface area contributed by atoms with E-state index in [0.717, 1.165) is 77.0 Å². The Labute approximate surface area is 417 Å². The minimum atomic E-state index is -5.38. The van der Waals surface area contributed by atoms with Crippen LogP contribution >= 0.6 is 15.6 Å². The van der Waals surface area contributed by atoms with E-state index in [1.165, 1.54) is 44.9 Å². The first-order valence-electron chi connectivity index (χ1n) is 25.6. The highest BCUT2D eigenvalue weighted by atomic mass is 31.2. The molecule has 1 fully saturated rings. The van der Waals surface area contributed by atoms with Crippen LogP contribution in [0.25, 0.3) is 0 Å². The molecule has 19 heteroatoms. The Morgan fingerprint density at radius 1 is 0.514 bits per heavy atom. The smallest absolute Gasteiger partial charge is 0.462 e. The molecule has 1 aliphatic rings. The Bertz CT molecular complexity index is 1640. The zero-order valence-corrected chi connectivity index (χ0v) is 43.6. The van der Waals surface area contributed by atoms with Crippen molar-refractivity contribution in [1.29, 1.82) is 0 Å². The molecule has 1 saturated carbocycles. The Morgan fingerprint density at radius 2 is 0.957 bits per heavy atom. The van der Waals surface area contributed by atoms with Crippen LogP contribution < -0.4 is 0 Å². The van der Waals surface area contributed by atoms with Gasteiger partial charge in [0.2, 0.25) is 0 Å². The minimum absolute atomic E-state index is 0.0489. The van der Waals surface area contributed by atoms with Gasteiger partial charge >= 0.3 is 27.6 Å². The maximum Gasteiger partial charge on any atom is 0.472 e. The molecular weight excluding hydrogens is 946 g/mol. The fourth-order valence-corrected chi connectivity index (χ4v) is 8.80. The zero-order valence-electron chi connectivity index (χ0n) is 41.8. The number of esters is 2. The fourth-order valence-electron chi connectivity index (χ4n) is 7.26. The molecule has 404 valence electrons. The highest BCUT2D eigenvalue weighted by molar-refractivity contribution is 7.47. The molecule has 0 bridgehead atoms. The molecule has 5 unspecified atom stereocenters. The average molecular weight is 1040 g/mol. The van der Waals surface area contributed by atoms with Gasteiger partial charge < -0.3 is 49.7 Å². The van der Waals surface area contributed by atoms with Crippen LogP contribution in [0, 0.1) is 0 Å². The summed E-state index contributed by atoms with van der Waals surface area (Å²) in [5.41, 5.74) is 0. The lowest BCUT2D eigenvalue weighted by atomic mass is 9.85. The lowest BCUT2D eigenvalue weighted by Crippen LogP contribution is -2.64. The first kappa shape index (κ1) is 65.4. The Hall–Kier alpha value is -2.60. The maximum absolute atomic E-state index is 13.0. The van der Waals surface area contributed by atoms with E-state index in [2.05, 4.69) is 66.1 Å². The lowest BCUT2D eigenvalue weighted by molar-refractivity contribution is -0.216. The molecule has 0 spiro atoms. The maximum atomic E-state index is 13.0. The van der Waals surface area contributed by atoms with Crippen molar-refractivity contribution < 1.29 is 82.0 Å². The monoisotopic (exact) mass is 1030 g/mol. The van der Waals surface area contributed by atoms with E-state index in [-0.39, 0.29) is 18.9 Å². The van der Waals surface area contributed by atoms with Crippen LogP contribution in [-0.4, -0.2) is 114 Å². The van der Waals surface area contributed by atoms with Gasteiger partial charge in [0.15, 0.2) is 6.10 Å². The molecule has 8 N–H and O–H groups in total. The Kier molecular flexibility index (Phi) is 38.2. The SMILES string of the molecule is CCCCC/C=C\C/C=C\CCCCCCCCCCCC(=O)OC[C@H](COP(=O)(O)O[C@H]1C(O)C(O)C(O)[C@@H](OP(=O)(O)O)C1O)OC(=O)CCC/C=C\C/C=C\C/C=C\C/C=C\CC[C@H](O)CC. The third-order valence-electron chi connectivity index (χ3n) is 11.4. The molecule has 0 aromatic heterocycles. The number of phosphoric ester groups is 2. The van der Waals surface area contributed by atoms with Crippen LogP contribution in [0.15, 0.2) is 72.9 Å². The molecule has 17 nitrogen and oxygen atoms in total.